The highest BCUT2D eigenvalue weighted by Crippen LogP contribution is 2.28. The number of rotatable bonds is 15. The van der Waals surface area contributed by atoms with Gasteiger partial charge in [-0.1, -0.05) is 23.9 Å². The molecule has 182 valence electrons. The van der Waals surface area contributed by atoms with Crippen LogP contribution < -0.4 is 0 Å². The minimum absolute atomic E-state index is 0.123. The van der Waals surface area contributed by atoms with E-state index in [9.17, 15) is 9.59 Å². The smallest absolute Gasteiger partial charge is 0.303 e. The quantitative estimate of drug-likeness (QED) is 0.254. The first-order chi connectivity index (χ1) is 16.4. The molecule has 0 bridgehead atoms. The highest BCUT2D eigenvalue weighted by atomic mass is 32.2. The number of benzene rings is 1. The van der Waals surface area contributed by atoms with Crippen LogP contribution in [0.4, 0.5) is 0 Å². The number of aromatic nitrogens is 3. The van der Waals surface area contributed by atoms with E-state index in [4.69, 9.17) is 10.2 Å². The molecule has 0 saturated carbocycles. The second-order valence-corrected chi connectivity index (χ2v) is 10.0. The Balaban J connectivity index is 1.52. The van der Waals surface area contributed by atoms with Crippen molar-refractivity contribution in [3.05, 3.63) is 47.8 Å². The molecule has 10 heteroatoms. The van der Waals surface area contributed by atoms with E-state index < -0.39 is 11.9 Å². The summed E-state index contributed by atoms with van der Waals surface area (Å²) in [5, 5.41) is 18.7. The summed E-state index contributed by atoms with van der Waals surface area (Å²) in [4.78, 5) is 37.5. The number of thioether (sulfide) groups is 2. The van der Waals surface area contributed by atoms with Crippen molar-refractivity contribution in [2.75, 3.05) is 25.4 Å². The van der Waals surface area contributed by atoms with Crippen LogP contribution in [-0.2, 0) is 15.3 Å². The Morgan fingerprint density at radius 2 is 1.71 bits per heavy atom. The van der Waals surface area contributed by atoms with E-state index in [1.165, 1.54) is 4.90 Å². The summed E-state index contributed by atoms with van der Waals surface area (Å²) in [7, 11) is 0. The molecule has 0 fully saturated rings. The molecule has 3 rings (SSSR count). The fraction of sp³-hybridized carbons (Fsp3) is 0.417. The van der Waals surface area contributed by atoms with Gasteiger partial charge in [-0.2, -0.15) is 0 Å². The van der Waals surface area contributed by atoms with Crippen molar-refractivity contribution < 1.29 is 19.8 Å². The van der Waals surface area contributed by atoms with Crippen LogP contribution in [0.15, 0.2) is 46.6 Å². The number of carbonyl (C=O) groups is 2. The zero-order valence-electron chi connectivity index (χ0n) is 19.2. The van der Waals surface area contributed by atoms with Gasteiger partial charge in [-0.05, 0) is 56.6 Å². The van der Waals surface area contributed by atoms with Crippen LogP contribution in [0.3, 0.4) is 0 Å². The topological polar surface area (TPSA) is 119 Å². The first-order valence-electron chi connectivity index (χ1n) is 11.2. The number of para-hydroxylation sites is 2. The minimum Gasteiger partial charge on any atom is -0.481 e. The third kappa shape index (κ3) is 8.34. The van der Waals surface area contributed by atoms with Crippen LogP contribution in [0.1, 0.15) is 36.9 Å². The number of fused-ring (bicyclic) bond motifs is 1. The predicted molar refractivity (Wildman–Crippen MR) is 136 cm³/mol. The second-order valence-electron chi connectivity index (χ2n) is 7.91. The molecule has 0 spiro atoms. The number of aliphatic carboxylic acids is 2. The molecule has 0 radical (unpaired) electrons. The fourth-order valence-corrected chi connectivity index (χ4v) is 5.49. The Bertz CT molecular complexity index is 1050. The van der Waals surface area contributed by atoms with E-state index in [1.807, 2.05) is 36.5 Å². The van der Waals surface area contributed by atoms with Gasteiger partial charge in [0.15, 0.2) is 5.16 Å². The molecule has 1 aromatic carbocycles. The van der Waals surface area contributed by atoms with E-state index in [2.05, 4.69) is 26.8 Å². The lowest BCUT2D eigenvalue weighted by Crippen LogP contribution is -2.29. The van der Waals surface area contributed by atoms with Crippen LogP contribution in [-0.4, -0.2) is 67.4 Å². The van der Waals surface area contributed by atoms with E-state index in [1.54, 1.807) is 23.5 Å². The van der Waals surface area contributed by atoms with E-state index in [0.717, 1.165) is 45.5 Å². The fourth-order valence-electron chi connectivity index (χ4n) is 3.52. The largest absolute Gasteiger partial charge is 0.481 e. The number of aromatic amines is 1. The van der Waals surface area contributed by atoms with Crippen molar-refractivity contribution in [2.45, 2.75) is 48.4 Å². The SMILES string of the molecule is Cc1c(SCCN(CCCC(=O)O)CCCC(=O)O)ccnc1CSc1nc2ccccc2[nH]1. The van der Waals surface area contributed by atoms with Crippen LogP contribution in [0.25, 0.3) is 11.0 Å². The van der Waals surface area contributed by atoms with Crippen LogP contribution >= 0.6 is 23.5 Å². The monoisotopic (exact) mass is 502 g/mol. The first-order valence-corrected chi connectivity index (χ1v) is 13.2. The summed E-state index contributed by atoms with van der Waals surface area (Å²) in [5.74, 6) is -0.0572. The Labute approximate surface area is 207 Å². The molecule has 2 heterocycles. The number of H-pyrrole nitrogens is 1. The molecule has 8 nitrogen and oxygen atoms in total. The van der Waals surface area contributed by atoms with Gasteiger partial charge in [0.1, 0.15) is 0 Å². The lowest BCUT2D eigenvalue weighted by molar-refractivity contribution is -0.138. The maximum Gasteiger partial charge on any atom is 0.303 e. The summed E-state index contributed by atoms with van der Waals surface area (Å²) in [6.07, 6.45) is 3.20. The molecule has 0 atom stereocenters. The summed E-state index contributed by atoms with van der Waals surface area (Å²) in [5.41, 5.74) is 4.15. The molecule has 3 aromatic rings. The summed E-state index contributed by atoms with van der Waals surface area (Å²) >= 11 is 3.38. The van der Waals surface area contributed by atoms with E-state index >= 15 is 0 Å². The van der Waals surface area contributed by atoms with Gasteiger partial charge in [-0.3, -0.25) is 14.6 Å². The Morgan fingerprint density at radius 3 is 2.38 bits per heavy atom. The molecular formula is C24H30N4O4S2. The van der Waals surface area contributed by atoms with Crippen LogP contribution in [0, 0.1) is 6.92 Å². The van der Waals surface area contributed by atoms with Gasteiger partial charge in [0, 0.05) is 42.0 Å². The normalized spacial score (nSPS) is 11.4. The van der Waals surface area contributed by atoms with Gasteiger partial charge in [0.2, 0.25) is 0 Å². The third-order valence-electron chi connectivity index (χ3n) is 5.37. The van der Waals surface area contributed by atoms with E-state index in [0.29, 0.717) is 25.9 Å². The number of pyridine rings is 1. The Hall–Kier alpha value is -2.56. The maximum absolute atomic E-state index is 10.8. The lowest BCUT2D eigenvalue weighted by atomic mass is 10.2. The standard InChI is InChI=1S/C24H30N4O4S2/c1-17-20(16-34-24-26-18-6-2-3-7-19(18)27-24)25-11-10-21(17)33-15-14-28(12-4-8-22(29)30)13-5-9-23(31)32/h2-3,6-7,10-11H,4-5,8-9,12-16H2,1H3,(H,26,27)(H,29,30)(H,31,32). The molecule has 0 aliphatic heterocycles. The van der Waals surface area contributed by atoms with Gasteiger partial charge in [0.05, 0.1) is 16.7 Å². The summed E-state index contributed by atoms with van der Waals surface area (Å²) < 4.78 is 0. The lowest BCUT2D eigenvalue weighted by Gasteiger charge is -2.21. The molecule has 0 saturated heterocycles. The van der Waals surface area contributed by atoms with Gasteiger partial charge in [0.25, 0.3) is 0 Å². The molecular weight excluding hydrogens is 472 g/mol. The zero-order chi connectivity index (χ0) is 24.3. The Morgan fingerprint density at radius 1 is 1.00 bits per heavy atom. The second kappa shape index (κ2) is 13.4. The van der Waals surface area contributed by atoms with Gasteiger partial charge in [-0.25, -0.2) is 4.98 Å². The molecule has 34 heavy (non-hydrogen) atoms. The number of nitrogens with one attached hydrogen (secondary N) is 1. The Kier molecular flexibility index (Phi) is 10.2. The average molecular weight is 503 g/mol. The van der Waals surface area contributed by atoms with Gasteiger partial charge >= 0.3 is 11.9 Å². The van der Waals surface area contributed by atoms with E-state index in [-0.39, 0.29) is 12.8 Å². The predicted octanol–water partition coefficient (Wildman–Crippen LogP) is 4.68. The van der Waals surface area contributed by atoms with Crippen molar-refractivity contribution in [2.24, 2.45) is 0 Å². The molecule has 0 aliphatic rings. The van der Waals surface area contributed by atoms with Crippen molar-refractivity contribution in [3.63, 3.8) is 0 Å². The molecule has 0 amide bonds. The average Bonchev–Trinajstić information content (AvgIpc) is 3.21. The van der Waals surface area contributed by atoms with Crippen molar-refractivity contribution in [3.8, 4) is 0 Å². The highest BCUT2D eigenvalue weighted by molar-refractivity contribution is 7.99. The third-order valence-corrected chi connectivity index (χ3v) is 7.39. The summed E-state index contributed by atoms with van der Waals surface area (Å²) in [6.45, 7) is 4.17. The van der Waals surface area contributed by atoms with Crippen molar-refractivity contribution in [1.29, 1.82) is 0 Å². The number of hydrogen-bond donors (Lipinski definition) is 3. The van der Waals surface area contributed by atoms with Crippen LogP contribution in [0.2, 0.25) is 0 Å². The summed E-state index contributed by atoms with van der Waals surface area (Å²) in [6, 6.07) is 9.99. The van der Waals surface area contributed by atoms with Crippen molar-refractivity contribution >= 4 is 46.5 Å². The highest BCUT2D eigenvalue weighted by Gasteiger charge is 2.11. The number of hydrogen-bond acceptors (Lipinski definition) is 7. The zero-order valence-corrected chi connectivity index (χ0v) is 20.8. The van der Waals surface area contributed by atoms with Gasteiger partial charge < -0.3 is 20.1 Å². The van der Waals surface area contributed by atoms with Crippen LogP contribution in [0.5, 0.6) is 0 Å². The van der Waals surface area contributed by atoms with Crippen molar-refractivity contribution in [1.82, 2.24) is 19.9 Å². The molecule has 3 N–H and O–H groups in total. The number of imidazole rings is 1. The molecule has 0 aliphatic carbocycles. The first kappa shape index (κ1) is 26.1. The molecule has 2 aromatic heterocycles. The number of carboxylic acids is 2. The minimum atomic E-state index is -0.805. The number of carboxylic acid groups (broad SMARTS) is 2. The molecule has 0 unspecified atom stereocenters. The van der Waals surface area contributed by atoms with Gasteiger partial charge in [-0.15, -0.1) is 11.8 Å². The maximum atomic E-state index is 10.8. The number of nitrogens with zero attached hydrogens (tertiary/aromatic N) is 3.